The second-order valence-electron chi connectivity index (χ2n) is 10.2. The molecule has 6 nitrogen and oxygen atoms in total. The largest absolute Gasteiger partial charge is 0.444 e. The minimum absolute atomic E-state index is 0.193. The number of amides is 1. The van der Waals surface area contributed by atoms with Crippen LogP contribution in [-0.2, 0) is 13.9 Å². The average molecular weight is 474 g/mol. The maximum atomic E-state index is 12.3. The Morgan fingerprint density at radius 1 is 0.939 bits per heavy atom. The molecule has 0 unspecified atom stereocenters. The van der Waals surface area contributed by atoms with Crippen LogP contribution >= 0.6 is 0 Å². The van der Waals surface area contributed by atoms with Crippen molar-refractivity contribution < 1.29 is 23.8 Å². The Hall–Kier alpha value is -2.19. The van der Waals surface area contributed by atoms with Crippen LogP contribution in [0.4, 0.5) is 4.79 Å². The molecular formula is C26H39NO5Si. The van der Waals surface area contributed by atoms with Gasteiger partial charge in [-0.1, -0.05) is 81.4 Å². The molecule has 0 heterocycles. The summed E-state index contributed by atoms with van der Waals surface area (Å²) in [4.78, 5) is 12.3. The highest BCUT2D eigenvalue weighted by molar-refractivity contribution is 6.99. The predicted molar refractivity (Wildman–Crippen MR) is 135 cm³/mol. The van der Waals surface area contributed by atoms with E-state index in [4.69, 9.17) is 13.9 Å². The molecule has 0 aliphatic heterocycles. The van der Waals surface area contributed by atoms with Gasteiger partial charge in [0, 0.05) is 7.11 Å². The van der Waals surface area contributed by atoms with E-state index in [1.807, 2.05) is 36.4 Å². The van der Waals surface area contributed by atoms with E-state index in [2.05, 4.69) is 50.4 Å². The van der Waals surface area contributed by atoms with Gasteiger partial charge >= 0.3 is 6.09 Å². The summed E-state index contributed by atoms with van der Waals surface area (Å²) < 4.78 is 17.9. The van der Waals surface area contributed by atoms with E-state index in [0.717, 1.165) is 10.4 Å². The summed E-state index contributed by atoms with van der Waals surface area (Å²) in [6, 6.07) is 19.9. The first-order valence-corrected chi connectivity index (χ1v) is 13.2. The van der Waals surface area contributed by atoms with Crippen LogP contribution in [0.1, 0.15) is 41.5 Å². The monoisotopic (exact) mass is 473 g/mol. The fourth-order valence-corrected chi connectivity index (χ4v) is 8.60. The number of rotatable bonds is 9. The predicted octanol–water partition coefficient (Wildman–Crippen LogP) is 3.46. The normalized spacial score (nSPS) is 14.4. The number of aliphatic hydroxyl groups excluding tert-OH is 1. The van der Waals surface area contributed by atoms with Gasteiger partial charge in [-0.05, 0) is 36.2 Å². The van der Waals surface area contributed by atoms with Crippen LogP contribution in [0.15, 0.2) is 60.7 Å². The molecule has 0 saturated carbocycles. The molecule has 2 N–H and O–H groups in total. The second kappa shape index (κ2) is 11.3. The van der Waals surface area contributed by atoms with Crippen LogP contribution in [0.2, 0.25) is 5.04 Å². The Morgan fingerprint density at radius 3 is 1.79 bits per heavy atom. The number of benzene rings is 2. The molecule has 182 valence electrons. The fourth-order valence-electron chi connectivity index (χ4n) is 4.03. The molecule has 0 aromatic heterocycles. The maximum Gasteiger partial charge on any atom is 0.408 e. The van der Waals surface area contributed by atoms with Gasteiger partial charge in [0.15, 0.2) is 0 Å². The molecule has 0 fully saturated rings. The molecular weight excluding hydrogens is 434 g/mol. The zero-order valence-electron chi connectivity index (χ0n) is 20.9. The van der Waals surface area contributed by atoms with E-state index >= 15 is 0 Å². The number of methoxy groups -OCH3 is 1. The lowest BCUT2D eigenvalue weighted by molar-refractivity contribution is 0.00147. The van der Waals surface area contributed by atoms with Gasteiger partial charge < -0.3 is 24.3 Å². The third-order valence-corrected chi connectivity index (χ3v) is 10.5. The second-order valence-corrected chi connectivity index (χ2v) is 14.5. The van der Waals surface area contributed by atoms with Crippen LogP contribution in [-0.4, -0.2) is 57.6 Å². The van der Waals surface area contributed by atoms with Crippen molar-refractivity contribution in [3.05, 3.63) is 60.7 Å². The highest BCUT2D eigenvalue weighted by Crippen LogP contribution is 2.37. The number of hydrogen-bond donors (Lipinski definition) is 2. The van der Waals surface area contributed by atoms with Crippen molar-refractivity contribution in [2.24, 2.45) is 0 Å². The SMILES string of the molecule is CO[C@@H](CO[Si](c1ccccc1)(c1ccccc1)C(C)(C)C)[C@H](CO)NC(=O)OC(C)(C)C. The summed E-state index contributed by atoms with van der Waals surface area (Å²) in [6.45, 7) is 11.9. The molecule has 0 aliphatic carbocycles. The molecule has 7 heteroatoms. The molecule has 0 radical (unpaired) electrons. The highest BCUT2D eigenvalue weighted by atomic mass is 28.4. The number of carbonyl (C=O) groups is 1. The molecule has 2 aromatic rings. The molecule has 33 heavy (non-hydrogen) atoms. The van der Waals surface area contributed by atoms with Gasteiger partial charge in [0.05, 0.1) is 19.3 Å². The van der Waals surface area contributed by atoms with Gasteiger partial charge in [0.1, 0.15) is 11.7 Å². The summed E-state index contributed by atoms with van der Waals surface area (Å²) in [5.41, 5.74) is -0.641. The van der Waals surface area contributed by atoms with E-state index < -0.39 is 32.2 Å². The minimum atomic E-state index is -2.77. The Balaban J connectivity index is 2.39. The summed E-state index contributed by atoms with van der Waals surface area (Å²) in [6.07, 6.45) is -1.17. The fraction of sp³-hybridized carbons (Fsp3) is 0.500. The van der Waals surface area contributed by atoms with Crippen molar-refractivity contribution in [2.75, 3.05) is 20.3 Å². The maximum absolute atomic E-state index is 12.3. The van der Waals surface area contributed by atoms with Crippen molar-refractivity contribution in [1.29, 1.82) is 0 Å². The lowest BCUT2D eigenvalue weighted by Crippen LogP contribution is -2.67. The van der Waals surface area contributed by atoms with Crippen molar-refractivity contribution in [2.45, 2.75) is 64.3 Å². The van der Waals surface area contributed by atoms with Gasteiger partial charge in [0.2, 0.25) is 0 Å². The zero-order chi connectivity index (χ0) is 24.7. The standard InChI is InChI=1S/C26H39NO5Si/c1-25(2,3)32-24(29)27-22(18-28)23(30-7)19-31-33(26(4,5)6,20-14-10-8-11-15-20)21-16-12-9-13-17-21/h8-17,22-23,28H,18-19H2,1-7H3,(H,27,29)/t22-,23-/m0/s1. The smallest absolute Gasteiger partial charge is 0.408 e. The Kier molecular flexibility index (Phi) is 9.26. The molecule has 1 amide bonds. The number of alkyl carbamates (subject to hydrolysis) is 1. The first-order chi connectivity index (χ1) is 15.4. The molecule has 0 saturated heterocycles. The molecule has 0 bridgehead atoms. The first kappa shape index (κ1) is 27.1. The van der Waals surface area contributed by atoms with E-state index in [0.29, 0.717) is 0 Å². The number of ether oxygens (including phenoxy) is 2. The van der Waals surface area contributed by atoms with Gasteiger partial charge in [-0.25, -0.2) is 4.79 Å². The van der Waals surface area contributed by atoms with Gasteiger partial charge in [-0.3, -0.25) is 0 Å². The van der Waals surface area contributed by atoms with E-state index in [-0.39, 0.29) is 18.3 Å². The van der Waals surface area contributed by atoms with E-state index in [9.17, 15) is 9.90 Å². The lowest BCUT2D eigenvalue weighted by Gasteiger charge is -2.44. The van der Waals surface area contributed by atoms with Crippen LogP contribution in [0, 0.1) is 0 Å². The van der Waals surface area contributed by atoms with Crippen molar-refractivity contribution in [3.8, 4) is 0 Å². The van der Waals surface area contributed by atoms with Crippen LogP contribution in [0.5, 0.6) is 0 Å². The summed E-state index contributed by atoms with van der Waals surface area (Å²) >= 11 is 0. The summed E-state index contributed by atoms with van der Waals surface area (Å²) in [7, 11) is -1.22. The highest BCUT2D eigenvalue weighted by Gasteiger charge is 2.50. The first-order valence-electron chi connectivity index (χ1n) is 11.3. The molecule has 0 spiro atoms. The zero-order valence-corrected chi connectivity index (χ0v) is 21.9. The van der Waals surface area contributed by atoms with Crippen molar-refractivity contribution >= 4 is 24.8 Å². The average Bonchev–Trinajstić information content (AvgIpc) is 2.75. The Bertz CT molecular complexity index is 822. The Morgan fingerprint density at radius 2 is 1.42 bits per heavy atom. The number of nitrogens with one attached hydrogen (secondary N) is 1. The summed E-state index contributed by atoms with van der Waals surface area (Å²) in [5.74, 6) is 0. The number of hydrogen-bond acceptors (Lipinski definition) is 5. The van der Waals surface area contributed by atoms with Crippen molar-refractivity contribution in [1.82, 2.24) is 5.32 Å². The topological polar surface area (TPSA) is 77.0 Å². The summed E-state index contributed by atoms with van der Waals surface area (Å²) in [5, 5.41) is 14.8. The minimum Gasteiger partial charge on any atom is -0.444 e. The Labute approximate surface area is 199 Å². The molecule has 0 aliphatic rings. The van der Waals surface area contributed by atoms with Gasteiger partial charge in [0.25, 0.3) is 8.32 Å². The van der Waals surface area contributed by atoms with Gasteiger partial charge in [-0.15, -0.1) is 0 Å². The molecule has 2 atom stereocenters. The number of carbonyl (C=O) groups excluding carboxylic acids is 1. The van der Waals surface area contributed by atoms with E-state index in [1.165, 1.54) is 0 Å². The third kappa shape index (κ3) is 6.90. The van der Waals surface area contributed by atoms with Crippen LogP contribution in [0.25, 0.3) is 0 Å². The lowest BCUT2D eigenvalue weighted by atomic mass is 10.2. The molecule has 2 aromatic carbocycles. The van der Waals surface area contributed by atoms with Crippen LogP contribution in [0.3, 0.4) is 0 Å². The van der Waals surface area contributed by atoms with Crippen molar-refractivity contribution in [3.63, 3.8) is 0 Å². The number of aliphatic hydroxyl groups is 1. The van der Waals surface area contributed by atoms with Gasteiger partial charge in [-0.2, -0.15) is 0 Å². The van der Waals surface area contributed by atoms with E-state index in [1.54, 1.807) is 27.9 Å². The quantitative estimate of drug-likeness (QED) is 0.546. The third-order valence-electron chi connectivity index (χ3n) is 5.53. The van der Waals surface area contributed by atoms with Crippen LogP contribution < -0.4 is 15.7 Å². The molecule has 2 rings (SSSR count).